The van der Waals surface area contributed by atoms with Gasteiger partial charge in [-0.2, -0.15) is 8.42 Å². The molecule has 0 spiro atoms. The molecule has 0 heterocycles. The average Bonchev–Trinajstić information content (AvgIpc) is 2.24. The van der Waals surface area contributed by atoms with Crippen LogP contribution in [0.1, 0.15) is 65.2 Å². The van der Waals surface area contributed by atoms with E-state index in [1.54, 1.807) is 0 Å². The van der Waals surface area contributed by atoms with Crippen LogP contribution in [0.5, 0.6) is 0 Å². The van der Waals surface area contributed by atoms with Crippen LogP contribution < -0.4 is 0 Å². The summed E-state index contributed by atoms with van der Waals surface area (Å²) in [6, 6.07) is 0. The maximum atomic E-state index is 11.4. The number of rotatable bonds is 11. The zero-order chi connectivity index (χ0) is 12.3. The van der Waals surface area contributed by atoms with E-state index in [-0.39, 0.29) is 35.3 Å². The Balaban J connectivity index is 0. The monoisotopic (exact) mass is 274 g/mol. The molecule has 0 rings (SSSR count). The molecule has 0 N–H and O–H groups in total. The number of hydrogen-bond acceptors (Lipinski definition) is 3. The van der Waals surface area contributed by atoms with Crippen LogP contribution in [0.3, 0.4) is 0 Å². The van der Waals surface area contributed by atoms with Crippen molar-refractivity contribution in [3.63, 3.8) is 0 Å². The van der Waals surface area contributed by atoms with Crippen molar-refractivity contribution in [2.45, 2.75) is 65.2 Å². The van der Waals surface area contributed by atoms with Crippen LogP contribution in [0.4, 0.5) is 0 Å². The molecule has 100 valence electrons. The molecule has 0 aromatic heterocycles. The van der Waals surface area contributed by atoms with Gasteiger partial charge in [-0.25, -0.2) is 0 Å². The van der Waals surface area contributed by atoms with Gasteiger partial charge in [0, 0.05) is 0 Å². The molecule has 0 aromatic carbocycles. The first-order valence-electron chi connectivity index (χ1n) is 6.49. The van der Waals surface area contributed by atoms with E-state index in [4.69, 9.17) is 4.18 Å². The molecule has 0 bridgehead atoms. The van der Waals surface area contributed by atoms with E-state index in [0.717, 1.165) is 51.4 Å². The molecule has 0 aliphatic rings. The van der Waals surface area contributed by atoms with Crippen molar-refractivity contribution in [1.29, 1.82) is 0 Å². The molecule has 0 unspecified atom stereocenters. The van der Waals surface area contributed by atoms with Crippen molar-refractivity contribution in [2.24, 2.45) is 0 Å². The van der Waals surface area contributed by atoms with Gasteiger partial charge in [-0.15, -0.1) is 0 Å². The van der Waals surface area contributed by atoms with Crippen LogP contribution in [-0.4, -0.2) is 50.3 Å². The Labute approximate surface area is 129 Å². The van der Waals surface area contributed by atoms with Crippen molar-refractivity contribution < 1.29 is 12.6 Å². The van der Waals surface area contributed by atoms with E-state index in [0.29, 0.717) is 6.61 Å². The van der Waals surface area contributed by atoms with E-state index >= 15 is 0 Å². The van der Waals surface area contributed by atoms with Gasteiger partial charge in [0.15, 0.2) is 0 Å². The van der Waals surface area contributed by atoms with Gasteiger partial charge >= 0.3 is 29.6 Å². The molecule has 5 heteroatoms. The topological polar surface area (TPSA) is 43.4 Å². The summed E-state index contributed by atoms with van der Waals surface area (Å²) < 4.78 is 27.7. The molecule has 0 saturated carbocycles. The second kappa shape index (κ2) is 13.3. The van der Waals surface area contributed by atoms with Crippen molar-refractivity contribution in [3.05, 3.63) is 0 Å². The van der Waals surface area contributed by atoms with Crippen molar-refractivity contribution >= 4 is 39.7 Å². The zero-order valence-corrected chi connectivity index (χ0v) is 11.5. The van der Waals surface area contributed by atoms with Crippen LogP contribution in [0.25, 0.3) is 0 Å². The van der Waals surface area contributed by atoms with E-state index in [2.05, 4.69) is 13.8 Å². The standard InChI is InChI=1S/C12H26O3S.Na.H/c1-3-5-7-9-11-15-16(13,14)12-10-8-6-4-2;;/h3-12H2,1-2H3;;. The first kappa shape index (κ1) is 20.2. The molecular formula is C12H27NaO3S. The van der Waals surface area contributed by atoms with Gasteiger partial charge < -0.3 is 0 Å². The summed E-state index contributed by atoms with van der Waals surface area (Å²) >= 11 is 0. The van der Waals surface area contributed by atoms with Gasteiger partial charge in [-0.1, -0.05) is 52.4 Å². The molecular weight excluding hydrogens is 247 g/mol. The van der Waals surface area contributed by atoms with Gasteiger partial charge in [0.1, 0.15) is 0 Å². The third kappa shape index (κ3) is 14.9. The molecule has 0 amide bonds. The van der Waals surface area contributed by atoms with E-state index in [9.17, 15) is 8.42 Å². The fourth-order valence-electron chi connectivity index (χ4n) is 1.48. The first-order chi connectivity index (χ1) is 7.62. The van der Waals surface area contributed by atoms with Crippen LogP contribution >= 0.6 is 0 Å². The Morgan fingerprint density at radius 2 is 1.35 bits per heavy atom. The van der Waals surface area contributed by atoms with Crippen LogP contribution in [-0.2, 0) is 14.3 Å². The number of hydrogen-bond donors (Lipinski definition) is 0. The predicted octanol–water partition coefficient (Wildman–Crippen LogP) is 2.84. The molecule has 0 aliphatic carbocycles. The minimum absolute atomic E-state index is 0. The van der Waals surface area contributed by atoms with Crippen LogP contribution in [0, 0.1) is 0 Å². The summed E-state index contributed by atoms with van der Waals surface area (Å²) in [7, 11) is -3.25. The van der Waals surface area contributed by atoms with Gasteiger partial charge in [0.05, 0.1) is 12.4 Å². The molecule has 0 atom stereocenters. The quantitative estimate of drug-likeness (QED) is 0.330. The molecule has 3 nitrogen and oxygen atoms in total. The third-order valence-electron chi connectivity index (χ3n) is 2.51. The third-order valence-corrected chi connectivity index (χ3v) is 3.82. The van der Waals surface area contributed by atoms with Crippen molar-refractivity contribution in [3.8, 4) is 0 Å². The van der Waals surface area contributed by atoms with Gasteiger partial charge in [0.25, 0.3) is 10.1 Å². The van der Waals surface area contributed by atoms with Crippen molar-refractivity contribution in [1.82, 2.24) is 0 Å². The molecule has 17 heavy (non-hydrogen) atoms. The summed E-state index contributed by atoms with van der Waals surface area (Å²) in [6.45, 7) is 4.60. The molecule has 0 aliphatic heterocycles. The molecule has 0 saturated heterocycles. The summed E-state index contributed by atoms with van der Waals surface area (Å²) in [5.41, 5.74) is 0. The van der Waals surface area contributed by atoms with Crippen LogP contribution in [0.2, 0.25) is 0 Å². The Morgan fingerprint density at radius 1 is 0.824 bits per heavy atom. The van der Waals surface area contributed by atoms with Crippen LogP contribution in [0.15, 0.2) is 0 Å². The normalized spacial score (nSPS) is 11.2. The molecule has 0 radical (unpaired) electrons. The zero-order valence-electron chi connectivity index (χ0n) is 10.7. The van der Waals surface area contributed by atoms with Gasteiger partial charge in [-0.3, -0.25) is 4.18 Å². The Hall–Kier alpha value is 0.910. The number of unbranched alkanes of at least 4 members (excludes halogenated alkanes) is 6. The SMILES string of the molecule is CCCCCCOS(=O)(=O)CCCCCC.[NaH]. The Bertz CT molecular complexity index is 240. The van der Waals surface area contributed by atoms with Gasteiger partial charge in [-0.05, 0) is 12.8 Å². The summed E-state index contributed by atoms with van der Waals surface area (Å²) in [5.74, 6) is 0.181. The Kier molecular flexibility index (Phi) is 15.9. The second-order valence-electron chi connectivity index (χ2n) is 4.21. The van der Waals surface area contributed by atoms with Gasteiger partial charge in [0.2, 0.25) is 0 Å². The Morgan fingerprint density at radius 3 is 1.88 bits per heavy atom. The van der Waals surface area contributed by atoms with E-state index in [1.165, 1.54) is 0 Å². The van der Waals surface area contributed by atoms with E-state index < -0.39 is 10.1 Å². The van der Waals surface area contributed by atoms with E-state index in [1.807, 2.05) is 0 Å². The average molecular weight is 274 g/mol. The first-order valence-corrected chi connectivity index (χ1v) is 8.07. The fourth-order valence-corrected chi connectivity index (χ4v) is 2.53. The van der Waals surface area contributed by atoms with Crippen molar-refractivity contribution in [2.75, 3.05) is 12.4 Å². The maximum absolute atomic E-state index is 11.4. The molecule has 0 fully saturated rings. The molecule has 0 aromatic rings. The minimum atomic E-state index is -3.25. The predicted molar refractivity (Wildman–Crippen MR) is 75.2 cm³/mol. The summed E-state index contributed by atoms with van der Waals surface area (Å²) in [4.78, 5) is 0. The summed E-state index contributed by atoms with van der Waals surface area (Å²) in [6.07, 6.45) is 8.15. The fraction of sp³-hybridized carbons (Fsp3) is 1.00. The summed E-state index contributed by atoms with van der Waals surface area (Å²) in [5, 5.41) is 0. The second-order valence-corrected chi connectivity index (χ2v) is 5.96.